The molecule has 1 aliphatic carbocycles. The van der Waals surface area contributed by atoms with E-state index in [-0.39, 0.29) is 6.04 Å². The van der Waals surface area contributed by atoms with Gasteiger partial charge in [-0.05, 0) is 37.3 Å². The van der Waals surface area contributed by atoms with Crippen LogP contribution in [0, 0.1) is 5.92 Å². The van der Waals surface area contributed by atoms with Crippen LogP contribution in [-0.2, 0) is 0 Å². The molecule has 1 fully saturated rings. The Bertz CT molecular complexity index is 331. The maximum Gasteiger partial charge on any atom is 0.137 e. The van der Waals surface area contributed by atoms with Crippen LogP contribution in [0.25, 0.3) is 0 Å². The van der Waals surface area contributed by atoms with Gasteiger partial charge >= 0.3 is 0 Å². The van der Waals surface area contributed by atoms with E-state index in [1.54, 1.807) is 6.20 Å². The lowest BCUT2D eigenvalue weighted by atomic mass is 10.1. The molecule has 0 aromatic carbocycles. The molecule has 3 nitrogen and oxygen atoms in total. The Morgan fingerprint density at radius 1 is 1.41 bits per heavy atom. The van der Waals surface area contributed by atoms with Gasteiger partial charge in [-0.1, -0.05) is 19.8 Å². The maximum atomic E-state index is 5.91. The second-order valence-electron chi connectivity index (χ2n) is 4.89. The molecule has 0 bridgehead atoms. The zero-order chi connectivity index (χ0) is 12.1. The van der Waals surface area contributed by atoms with E-state index in [2.05, 4.69) is 11.9 Å². The monoisotopic (exact) mass is 234 g/mol. The highest BCUT2D eigenvalue weighted by Crippen LogP contribution is 2.25. The Labute approximate surface area is 103 Å². The van der Waals surface area contributed by atoms with Gasteiger partial charge in [-0.2, -0.15) is 0 Å². The number of hydrogen-bond donors (Lipinski definition) is 1. The first-order valence-electron chi connectivity index (χ1n) is 6.64. The van der Waals surface area contributed by atoms with Crippen molar-refractivity contribution in [2.45, 2.75) is 45.1 Å². The summed E-state index contributed by atoms with van der Waals surface area (Å²) in [5.41, 5.74) is 6.86. The van der Waals surface area contributed by atoms with Crippen LogP contribution in [-0.4, -0.2) is 11.6 Å². The van der Waals surface area contributed by atoms with Crippen LogP contribution in [0.5, 0.6) is 5.75 Å². The highest BCUT2D eigenvalue weighted by molar-refractivity contribution is 5.21. The van der Waals surface area contributed by atoms with E-state index in [0.29, 0.717) is 0 Å². The van der Waals surface area contributed by atoms with Gasteiger partial charge in [-0.15, -0.1) is 0 Å². The molecule has 1 saturated carbocycles. The van der Waals surface area contributed by atoms with Gasteiger partial charge in [0.1, 0.15) is 5.75 Å². The Morgan fingerprint density at radius 3 is 2.76 bits per heavy atom. The maximum absolute atomic E-state index is 5.91. The van der Waals surface area contributed by atoms with Gasteiger partial charge in [0.25, 0.3) is 0 Å². The minimum atomic E-state index is 0.0406. The second kappa shape index (κ2) is 6.01. The van der Waals surface area contributed by atoms with Crippen LogP contribution in [0.15, 0.2) is 18.3 Å². The first-order valence-corrected chi connectivity index (χ1v) is 6.64. The van der Waals surface area contributed by atoms with Crippen molar-refractivity contribution >= 4 is 0 Å². The lowest BCUT2D eigenvalue weighted by Crippen LogP contribution is -2.11. The number of aromatic nitrogens is 1. The van der Waals surface area contributed by atoms with Crippen LogP contribution in [0.3, 0.4) is 0 Å². The predicted octanol–water partition coefficient (Wildman–Crippen LogP) is 3.06. The van der Waals surface area contributed by atoms with E-state index in [1.165, 1.54) is 25.7 Å². The van der Waals surface area contributed by atoms with Crippen LogP contribution in [0.2, 0.25) is 0 Å². The third-order valence-electron chi connectivity index (χ3n) is 3.54. The number of rotatable bonds is 5. The number of ether oxygens (including phenoxy) is 1. The molecule has 0 amide bonds. The Morgan fingerprint density at radius 2 is 2.18 bits per heavy atom. The highest BCUT2D eigenvalue weighted by Gasteiger charge is 2.15. The fraction of sp³-hybridized carbons (Fsp3) is 0.643. The standard InChI is InChI=1S/C14H22N2O/c1-2-13(15)14-8-7-12(9-16-14)17-10-11-5-3-4-6-11/h7-9,11,13H,2-6,10,15H2,1H3/t13-/m0/s1. The second-order valence-corrected chi connectivity index (χ2v) is 4.89. The van der Waals surface area contributed by atoms with Crippen LogP contribution in [0.4, 0.5) is 0 Å². The number of nitrogens with zero attached hydrogens (tertiary/aromatic N) is 1. The van der Waals surface area contributed by atoms with Gasteiger partial charge in [0.2, 0.25) is 0 Å². The van der Waals surface area contributed by atoms with Crippen LogP contribution < -0.4 is 10.5 Å². The molecule has 94 valence electrons. The van der Waals surface area contributed by atoms with Crippen molar-refractivity contribution in [3.63, 3.8) is 0 Å². The van der Waals surface area contributed by atoms with E-state index in [0.717, 1.165) is 30.4 Å². The summed E-state index contributed by atoms with van der Waals surface area (Å²) in [5, 5.41) is 0. The lowest BCUT2D eigenvalue weighted by molar-refractivity contribution is 0.251. The molecule has 1 aromatic heterocycles. The molecule has 17 heavy (non-hydrogen) atoms. The van der Waals surface area contributed by atoms with Gasteiger partial charge in [0, 0.05) is 6.04 Å². The van der Waals surface area contributed by atoms with Gasteiger partial charge in [-0.25, -0.2) is 0 Å². The van der Waals surface area contributed by atoms with Crippen molar-refractivity contribution in [2.24, 2.45) is 11.7 Å². The highest BCUT2D eigenvalue weighted by atomic mass is 16.5. The summed E-state index contributed by atoms with van der Waals surface area (Å²) < 4.78 is 5.75. The summed E-state index contributed by atoms with van der Waals surface area (Å²) in [6, 6.07) is 3.99. The molecule has 0 radical (unpaired) electrons. The van der Waals surface area contributed by atoms with Gasteiger partial charge in [0.05, 0.1) is 18.5 Å². The summed E-state index contributed by atoms with van der Waals surface area (Å²) in [7, 11) is 0. The van der Waals surface area contributed by atoms with E-state index in [9.17, 15) is 0 Å². The molecule has 1 aliphatic rings. The quantitative estimate of drug-likeness (QED) is 0.851. The summed E-state index contributed by atoms with van der Waals surface area (Å²) in [4.78, 5) is 4.34. The van der Waals surface area contributed by atoms with Crippen LogP contribution >= 0.6 is 0 Å². The van der Waals surface area contributed by atoms with Gasteiger partial charge in [0.15, 0.2) is 0 Å². The minimum absolute atomic E-state index is 0.0406. The van der Waals surface area contributed by atoms with Crippen molar-refractivity contribution in [3.05, 3.63) is 24.0 Å². The van der Waals surface area contributed by atoms with E-state index >= 15 is 0 Å². The molecule has 0 saturated heterocycles. The fourth-order valence-corrected chi connectivity index (χ4v) is 2.30. The van der Waals surface area contributed by atoms with E-state index in [1.807, 2.05) is 12.1 Å². The largest absolute Gasteiger partial charge is 0.492 e. The molecule has 3 heteroatoms. The molecule has 1 aromatic rings. The normalized spacial score (nSPS) is 18.2. The lowest BCUT2D eigenvalue weighted by Gasteiger charge is -2.12. The number of pyridine rings is 1. The SMILES string of the molecule is CC[C@H](N)c1ccc(OCC2CCCC2)cn1. The van der Waals surface area contributed by atoms with Crippen molar-refractivity contribution < 1.29 is 4.74 Å². The average Bonchev–Trinajstić information content (AvgIpc) is 2.89. The molecule has 2 N–H and O–H groups in total. The summed E-state index contributed by atoms with van der Waals surface area (Å²) in [6.07, 6.45) is 8.04. The molecule has 2 rings (SSSR count). The average molecular weight is 234 g/mol. The molecule has 0 spiro atoms. The number of nitrogens with two attached hydrogens (primary N) is 1. The van der Waals surface area contributed by atoms with Crippen molar-refractivity contribution in [2.75, 3.05) is 6.61 Å². The Balaban J connectivity index is 1.84. The van der Waals surface area contributed by atoms with Crippen molar-refractivity contribution in [3.8, 4) is 5.75 Å². The first kappa shape index (κ1) is 12.4. The topological polar surface area (TPSA) is 48.1 Å². The molecule has 1 heterocycles. The molecular formula is C14H22N2O. The zero-order valence-corrected chi connectivity index (χ0v) is 10.6. The van der Waals surface area contributed by atoms with Gasteiger partial charge < -0.3 is 10.5 Å². The molecule has 0 aliphatic heterocycles. The Kier molecular flexibility index (Phi) is 4.37. The Hall–Kier alpha value is -1.09. The summed E-state index contributed by atoms with van der Waals surface area (Å²) in [5.74, 6) is 1.61. The zero-order valence-electron chi connectivity index (χ0n) is 10.6. The molecular weight excluding hydrogens is 212 g/mol. The summed E-state index contributed by atoms with van der Waals surface area (Å²) >= 11 is 0. The third kappa shape index (κ3) is 3.43. The van der Waals surface area contributed by atoms with Crippen molar-refractivity contribution in [1.29, 1.82) is 0 Å². The minimum Gasteiger partial charge on any atom is -0.492 e. The third-order valence-corrected chi connectivity index (χ3v) is 3.54. The smallest absolute Gasteiger partial charge is 0.137 e. The van der Waals surface area contributed by atoms with Crippen LogP contribution in [0.1, 0.15) is 50.8 Å². The predicted molar refractivity (Wildman–Crippen MR) is 68.9 cm³/mol. The van der Waals surface area contributed by atoms with E-state index < -0.39 is 0 Å². The molecule has 0 unspecified atom stereocenters. The van der Waals surface area contributed by atoms with Crippen molar-refractivity contribution in [1.82, 2.24) is 4.98 Å². The molecule has 1 atom stereocenters. The number of hydrogen-bond acceptors (Lipinski definition) is 3. The first-order chi connectivity index (χ1) is 8.29. The van der Waals surface area contributed by atoms with Gasteiger partial charge in [-0.3, -0.25) is 4.98 Å². The summed E-state index contributed by atoms with van der Waals surface area (Å²) in [6.45, 7) is 2.90. The van der Waals surface area contributed by atoms with E-state index in [4.69, 9.17) is 10.5 Å². The fourth-order valence-electron chi connectivity index (χ4n) is 2.30.